The van der Waals surface area contributed by atoms with Crippen molar-refractivity contribution in [3.63, 3.8) is 0 Å². The summed E-state index contributed by atoms with van der Waals surface area (Å²) in [7, 11) is 2.58. The number of ether oxygens (including phenoxy) is 3. The molecule has 1 fully saturated rings. The summed E-state index contributed by atoms with van der Waals surface area (Å²) in [5.74, 6) is -0.900. The Morgan fingerprint density at radius 1 is 0.970 bits per heavy atom. The van der Waals surface area contributed by atoms with Crippen molar-refractivity contribution in [3.05, 3.63) is 59.7 Å². The van der Waals surface area contributed by atoms with Crippen LogP contribution in [0.2, 0.25) is 0 Å². The Morgan fingerprint density at radius 2 is 1.64 bits per heavy atom. The molecule has 10 heteroatoms. The fraction of sp³-hybridized carbons (Fsp3) is 0.348. The molecule has 4 rings (SSSR count). The van der Waals surface area contributed by atoms with Crippen LogP contribution >= 0.6 is 0 Å². The molecule has 2 aromatic heterocycles. The number of rotatable bonds is 8. The lowest BCUT2D eigenvalue weighted by atomic mass is 9.94. The molecule has 0 aliphatic carbocycles. The van der Waals surface area contributed by atoms with E-state index in [9.17, 15) is 8.78 Å². The third-order valence-electron chi connectivity index (χ3n) is 5.48. The Hall–Kier alpha value is -3.53. The number of pyridine rings is 1. The number of nitrogens with one attached hydrogen (secondary N) is 2. The first-order valence-corrected chi connectivity index (χ1v) is 10.6. The minimum Gasteiger partial charge on any atom is -0.494 e. The monoisotopic (exact) mass is 457 g/mol. The summed E-state index contributed by atoms with van der Waals surface area (Å²) in [5.41, 5.74) is 1.53. The van der Waals surface area contributed by atoms with Gasteiger partial charge in [-0.15, -0.1) is 0 Å². The second kappa shape index (κ2) is 10.4. The molecule has 0 amide bonds. The van der Waals surface area contributed by atoms with Gasteiger partial charge in [0.1, 0.15) is 6.61 Å². The fourth-order valence-corrected chi connectivity index (χ4v) is 3.64. The molecule has 1 aromatic carbocycles. The lowest BCUT2D eigenvalue weighted by molar-refractivity contribution is 0.280. The molecule has 1 aliphatic heterocycles. The summed E-state index contributed by atoms with van der Waals surface area (Å²) in [4.78, 5) is 12.9. The highest BCUT2D eigenvalue weighted by Gasteiger charge is 2.21. The summed E-state index contributed by atoms with van der Waals surface area (Å²) in [6, 6.07) is 5.10. The second-order valence-corrected chi connectivity index (χ2v) is 7.54. The van der Waals surface area contributed by atoms with Crippen LogP contribution in [0.3, 0.4) is 0 Å². The van der Waals surface area contributed by atoms with Crippen molar-refractivity contribution in [2.75, 3.05) is 32.6 Å². The van der Waals surface area contributed by atoms with E-state index in [4.69, 9.17) is 14.2 Å². The highest BCUT2D eigenvalue weighted by molar-refractivity contribution is 5.51. The largest absolute Gasteiger partial charge is 0.494 e. The molecule has 8 nitrogen and oxygen atoms in total. The van der Waals surface area contributed by atoms with Gasteiger partial charge in [-0.3, -0.25) is 4.98 Å². The third-order valence-corrected chi connectivity index (χ3v) is 5.48. The van der Waals surface area contributed by atoms with Gasteiger partial charge in [0.2, 0.25) is 5.95 Å². The maximum atomic E-state index is 14.5. The van der Waals surface area contributed by atoms with E-state index >= 15 is 0 Å². The minimum atomic E-state index is -0.851. The number of piperidine rings is 1. The number of nitrogens with zero attached hydrogens (tertiary/aromatic N) is 3. The van der Waals surface area contributed by atoms with Crippen LogP contribution in [-0.4, -0.2) is 42.3 Å². The zero-order valence-electron chi connectivity index (χ0n) is 18.4. The van der Waals surface area contributed by atoms with Gasteiger partial charge in [0, 0.05) is 17.7 Å². The van der Waals surface area contributed by atoms with Gasteiger partial charge in [-0.2, -0.15) is 0 Å². The minimum absolute atomic E-state index is 0.137. The van der Waals surface area contributed by atoms with Crippen LogP contribution in [-0.2, 0) is 6.61 Å². The van der Waals surface area contributed by atoms with Gasteiger partial charge in [-0.1, -0.05) is 0 Å². The van der Waals surface area contributed by atoms with E-state index in [1.54, 1.807) is 6.20 Å². The van der Waals surface area contributed by atoms with E-state index in [-0.39, 0.29) is 29.4 Å². The predicted molar refractivity (Wildman–Crippen MR) is 118 cm³/mol. The molecule has 0 radical (unpaired) electrons. The summed E-state index contributed by atoms with van der Waals surface area (Å²) in [6.45, 7) is 1.64. The number of hydrogen-bond donors (Lipinski definition) is 2. The zero-order valence-corrected chi connectivity index (χ0v) is 18.4. The standard InChI is InChI=1S/C23H25F2N5O3/c1-31-19-9-20(32-2)22(25)17(21(19)24)13-33-16-11-28-23(29-12-16)30-15-3-4-18(27-10-15)14-5-7-26-8-6-14/h3-4,9-12,14,26H,5-8,13H2,1-2H3,(H,28,29,30). The van der Waals surface area contributed by atoms with Crippen LogP contribution in [0.4, 0.5) is 20.4 Å². The van der Waals surface area contributed by atoms with E-state index in [1.165, 1.54) is 26.6 Å². The summed E-state index contributed by atoms with van der Waals surface area (Å²) < 4.78 is 44.3. The Balaban J connectivity index is 1.38. The van der Waals surface area contributed by atoms with E-state index in [0.717, 1.165) is 43.4 Å². The Labute approximate surface area is 190 Å². The van der Waals surface area contributed by atoms with E-state index in [1.807, 2.05) is 12.1 Å². The maximum Gasteiger partial charge on any atom is 0.227 e. The molecule has 1 aliphatic rings. The van der Waals surface area contributed by atoms with Gasteiger partial charge in [-0.25, -0.2) is 18.7 Å². The van der Waals surface area contributed by atoms with E-state index < -0.39 is 11.6 Å². The fourth-order valence-electron chi connectivity index (χ4n) is 3.64. The molecule has 0 bridgehead atoms. The van der Waals surface area contributed by atoms with Gasteiger partial charge in [0.25, 0.3) is 0 Å². The van der Waals surface area contributed by atoms with Gasteiger partial charge in [-0.05, 0) is 38.1 Å². The maximum absolute atomic E-state index is 14.5. The Bertz CT molecular complexity index is 1050. The second-order valence-electron chi connectivity index (χ2n) is 7.54. The summed E-state index contributed by atoms with van der Waals surface area (Å²) >= 11 is 0. The lowest BCUT2D eigenvalue weighted by Crippen LogP contribution is -2.27. The number of hydrogen-bond acceptors (Lipinski definition) is 8. The van der Waals surface area contributed by atoms with Gasteiger partial charge in [0.15, 0.2) is 28.9 Å². The van der Waals surface area contributed by atoms with Gasteiger partial charge < -0.3 is 24.8 Å². The van der Waals surface area contributed by atoms with Crippen molar-refractivity contribution < 1.29 is 23.0 Å². The number of methoxy groups -OCH3 is 2. The summed E-state index contributed by atoms with van der Waals surface area (Å²) in [6.07, 6.45) is 6.76. The van der Waals surface area contributed by atoms with Crippen LogP contribution in [0.15, 0.2) is 36.8 Å². The third kappa shape index (κ3) is 5.28. The number of benzene rings is 1. The van der Waals surface area contributed by atoms with Crippen LogP contribution in [0.5, 0.6) is 17.2 Å². The average Bonchev–Trinajstić information content (AvgIpc) is 2.86. The number of anilines is 2. The van der Waals surface area contributed by atoms with Gasteiger partial charge >= 0.3 is 0 Å². The Kier molecular flexibility index (Phi) is 7.13. The highest BCUT2D eigenvalue weighted by atomic mass is 19.1. The van der Waals surface area contributed by atoms with Crippen molar-refractivity contribution in [3.8, 4) is 17.2 Å². The molecule has 2 N–H and O–H groups in total. The number of halogens is 2. The number of aromatic nitrogens is 3. The molecular formula is C23H25F2N5O3. The molecule has 0 saturated carbocycles. The van der Waals surface area contributed by atoms with Crippen molar-refractivity contribution in [2.45, 2.75) is 25.4 Å². The smallest absolute Gasteiger partial charge is 0.227 e. The molecule has 3 heterocycles. The van der Waals surface area contributed by atoms with Crippen molar-refractivity contribution >= 4 is 11.6 Å². The molecule has 3 aromatic rings. The van der Waals surface area contributed by atoms with E-state index in [0.29, 0.717) is 11.9 Å². The zero-order chi connectivity index (χ0) is 23.2. The molecule has 0 spiro atoms. The first kappa shape index (κ1) is 22.7. The quantitative estimate of drug-likeness (QED) is 0.526. The topological polar surface area (TPSA) is 90.4 Å². The molecule has 33 heavy (non-hydrogen) atoms. The van der Waals surface area contributed by atoms with Crippen LogP contribution in [0, 0.1) is 11.6 Å². The molecule has 0 atom stereocenters. The first-order chi connectivity index (χ1) is 16.1. The molecule has 0 unspecified atom stereocenters. The van der Waals surface area contributed by atoms with Crippen molar-refractivity contribution in [2.24, 2.45) is 0 Å². The average molecular weight is 457 g/mol. The summed E-state index contributed by atoms with van der Waals surface area (Å²) in [5, 5.41) is 6.43. The lowest BCUT2D eigenvalue weighted by Gasteiger charge is -2.22. The SMILES string of the molecule is COc1cc(OC)c(F)c(COc2cnc(Nc3ccc(C4CCNCC4)nc3)nc2)c1F. The van der Waals surface area contributed by atoms with Crippen molar-refractivity contribution in [1.29, 1.82) is 0 Å². The van der Waals surface area contributed by atoms with E-state index in [2.05, 4.69) is 25.6 Å². The molecule has 1 saturated heterocycles. The van der Waals surface area contributed by atoms with Crippen LogP contribution < -0.4 is 24.8 Å². The van der Waals surface area contributed by atoms with Crippen LogP contribution in [0.25, 0.3) is 0 Å². The van der Waals surface area contributed by atoms with Gasteiger partial charge in [0.05, 0.1) is 44.1 Å². The predicted octanol–water partition coefficient (Wildman–Crippen LogP) is 3.96. The first-order valence-electron chi connectivity index (χ1n) is 10.6. The Morgan fingerprint density at radius 3 is 2.21 bits per heavy atom. The van der Waals surface area contributed by atoms with Crippen molar-refractivity contribution in [1.82, 2.24) is 20.3 Å². The van der Waals surface area contributed by atoms with Crippen LogP contribution in [0.1, 0.15) is 30.0 Å². The molecular weight excluding hydrogens is 432 g/mol. The normalized spacial score (nSPS) is 14.1. The highest BCUT2D eigenvalue weighted by Crippen LogP contribution is 2.32. The molecule has 174 valence electrons.